The highest BCUT2D eigenvalue weighted by Gasteiger charge is 2.31. The molecule has 0 aliphatic carbocycles. The van der Waals surface area contributed by atoms with Crippen LogP contribution in [0.25, 0.3) is 0 Å². The molecule has 1 unspecified atom stereocenters. The van der Waals surface area contributed by atoms with Gasteiger partial charge in [0.1, 0.15) is 5.82 Å². The summed E-state index contributed by atoms with van der Waals surface area (Å²) in [7, 11) is 0. The fraction of sp³-hybridized carbons (Fsp3) is 0.143. The first-order valence-corrected chi connectivity index (χ1v) is 5.80. The zero-order valence-electron chi connectivity index (χ0n) is 10.3. The lowest BCUT2D eigenvalue weighted by Gasteiger charge is -2.18. The zero-order chi connectivity index (χ0) is 14.8. The maximum atomic E-state index is 13.2. The van der Waals surface area contributed by atoms with Crippen molar-refractivity contribution >= 4 is 0 Å². The Kier molecular flexibility index (Phi) is 4.06. The van der Waals surface area contributed by atoms with Crippen LogP contribution in [0, 0.1) is 5.82 Å². The smallest absolute Gasteiger partial charge is 0.271 e. The molecule has 2 nitrogen and oxygen atoms in total. The highest BCUT2D eigenvalue weighted by molar-refractivity contribution is 5.35. The first kappa shape index (κ1) is 14.5. The molecule has 2 rings (SSSR count). The maximum absolute atomic E-state index is 13.2. The lowest BCUT2D eigenvalue weighted by Crippen LogP contribution is -2.29. The van der Waals surface area contributed by atoms with E-state index in [2.05, 4.69) is 5.43 Å². The number of alkyl halides is 3. The molecule has 1 atom stereocenters. The van der Waals surface area contributed by atoms with E-state index < -0.39 is 23.6 Å². The van der Waals surface area contributed by atoms with Crippen molar-refractivity contribution in [2.75, 3.05) is 0 Å². The number of hydrogen-bond donors (Lipinski definition) is 2. The van der Waals surface area contributed by atoms with Gasteiger partial charge in [0.05, 0.1) is 11.6 Å². The number of hydrogen-bond acceptors (Lipinski definition) is 2. The summed E-state index contributed by atoms with van der Waals surface area (Å²) in [6, 6.07) is 9.60. The minimum absolute atomic E-state index is 0.313. The molecule has 0 spiro atoms. The Bertz CT molecular complexity index is 596. The van der Waals surface area contributed by atoms with E-state index in [1.807, 2.05) is 0 Å². The number of hydrazine groups is 1. The lowest BCUT2D eigenvalue weighted by atomic mass is 9.97. The third-order valence-corrected chi connectivity index (χ3v) is 2.90. The molecule has 0 saturated heterocycles. The first-order chi connectivity index (χ1) is 9.41. The highest BCUT2D eigenvalue weighted by atomic mass is 19.4. The Morgan fingerprint density at radius 3 is 2.10 bits per heavy atom. The Balaban J connectivity index is 2.42. The standard InChI is InChI=1S/C14H12F4N2/c15-12-6-2-4-10(8-12)13(20-19)9-3-1-5-11(7-9)14(16,17)18/h1-8,13,20H,19H2. The minimum atomic E-state index is -4.43. The number of rotatable bonds is 3. The molecule has 6 heteroatoms. The van der Waals surface area contributed by atoms with Crippen molar-refractivity contribution in [2.45, 2.75) is 12.2 Å². The molecule has 0 amide bonds. The molecule has 0 fully saturated rings. The molecule has 0 heterocycles. The molecule has 2 aromatic carbocycles. The first-order valence-electron chi connectivity index (χ1n) is 5.80. The van der Waals surface area contributed by atoms with Crippen molar-refractivity contribution in [3.8, 4) is 0 Å². The van der Waals surface area contributed by atoms with Crippen molar-refractivity contribution in [2.24, 2.45) is 5.84 Å². The van der Waals surface area contributed by atoms with Gasteiger partial charge in [0.25, 0.3) is 0 Å². The summed E-state index contributed by atoms with van der Waals surface area (Å²) in [4.78, 5) is 0. The van der Waals surface area contributed by atoms with Crippen LogP contribution in [0.1, 0.15) is 22.7 Å². The van der Waals surface area contributed by atoms with E-state index in [1.54, 1.807) is 6.07 Å². The van der Waals surface area contributed by atoms with Crippen LogP contribution in [0.5, 0.6) is 0 Å². The van der Waals surface area contributed by atoms with Crippen LogP contribution in [0.4, 0.5) is 17.6 Å². The monoisotopic (exact) mass is 284 g/mol. The molecule has 0 bridgehead atoms. The van der Waals surface area contributed by atoms with Crippen molar-refractivity contribution in [3.63, 3.8) is 0 Å². The lowest BCUT2D eigenvalue weighted by molar-refractivity contribution is -0.137. The van der Waals surface area contributed by atoms with E-state index in [1.165, 1.54) is 30.3 Å². The van der Waals surface area contributed by atoms with E-state index in [0.29, 0.717) is 11.1 Å². The van der Waals surface area contributed by atoms with Gasteiger partial charge < -0.3 is 0 Å². The Hall–Kier alpha value is -1.92. The second-order valence-corrected chi connectivity index (χ2v) is 4.28. The molecule has 0 radical (unpaired) electrons. The highest BCUT2D eigenvalue weighted by Crippen LogP contribution is 2.32. The van der Waals surface area contributed by atoms with Gasteiger partial charge in [-0.15, -0.1) is 0 Å². The van der Waals surface area contributed by atoms with Gasteiger partial charge in [0.2, 0.25) is 0 Å². The van der Waals surface area contributed by atoms with Crippen LogP contribution in [0.3, 0.4) is 0 Å². The van der Waals surface area contributed by atoms with E-state index in [9.17, 15) is 17.6 Å². The molecular formula is C14H12F4N2. The van der Waals surface area contributed by atoms with Crippen LogP contribution in [0.2, 0.25) is 0 Å². The Labute approximate surface area is 113 Å². The van der Waals surface area contributed by atoms with Crippen molar-refractivity contribution in [1.29, 1.82) is 0 Å². The molecule has 0 aliphatic rings. The predicted molar refractivity (Wildman–Crippen MR) is 67.0 cm³/mol. The molecule has 106 valence electrons. The van der Waals surface area contributed by atoms with Crippen LogP contribution in [-0.2, 0) is 6.18 Å². The normalized spacial score (nSPS) is 13.2. The summed E-state index contributed by atoms with van der Waals surface area (Å²) in [6.45, 7) is 0. The van der Waals surface area contributed by atoms with Crippen LogP contribution in [0.15, 0.2) is 48.5 Å². The van der Waals surface area contributed by atoms with Gasteiger partial charge in [-0.3, -0.25) is 5.84 Å². The molecule has 0 aromatic heterocycles. The number of halogens is 4. The third kappa shape index (κ3) is 3.15. The third-order valence-electron chi connectivity index (χ3n) is 2.90. The fourth-order valence-corrected chi connectivity index (χ4v) is 1.97. The minimum Gasteiger partial charge on any atom is -0.271 e. The topological polar surface area (TPSA) is 38.0 Å². The summed E-state index contributed by atoms with van der Waals surface area (Å²) < 4.78 is 51.3. The van der Waals surface area contributed by atoms with Gasteiger partial charge >= 0.3 is 6.18 Å². The van der Waals surface area contributed by atoms with Crippen LogP contribution < -0.4 is 11.3 Å². The average molecular weight is 284 g/mol. The van der Waals surface area contributed by atoms with Gasteiger partial charge in [0.15, 0.2) is 0 Å². The molecule has 2 aromatic rings. The van der Waals surface area contributed by atoms with E-state index >= 15 is 0 Å². The largest absolute Gasteiger partial charge is 0.416 e. The van der Waals surface area contributed by atoms with Crippen molar-refractivity contribution in [3.05, 3.63) is 71.0 Å². The Morgan fingerprint density at radius 1 is 0.950 bits per heavy atom. The van der Waals surface area contributed by atoms with Gasteiger partial charge in [0, 0.05) is 0 Å². The molecule has 3 N–H and O–H groups in total. The molecule has 0 saturated carbocycles. The van der Waals surface area contributed by atoms with E-state index in [-0.39, 0.29) is 0 Å². The van der Waals surface area contributed by atoms with Gasteiger partial charge in [-0.25, -0.2) is 9.82 Å². The van der Waals surface area contributed by atoms with E-state index in [4.69, 9.17) is 5.84 Å². The number of benzene rings is 2. The van der Waals surface area contributed by atoms with Crippen LogP contribution in [-0.4, -0.2) is 0 Å². The maximum Gasteiger partial charge on any atom is 0.416 e. The Morgan fingerprint density at radius 2 is 1.55 bits per heavy atom. The quantitative estimate of drug-likeness (QED) is 0.515. The summed E-state index contributed by atoms with van der Waals surface area (Å²) in [5, 5.41) is 0. The predicted octanol–water partition coefficient (Wildman–Crippen LogP) is 3.40. The number of nitrogens with two attached hydrogens (primary N) is 1. The van der Waals surface area contributed by atoms with Gasteiger partial charge in [-0.1, -0.05) is 24.3 Å². The van der Waals surface area contributed by atoms with Crippen molar-refractivity contribution < 1.29 is 17.6 Å². The second kappa shape index (κ2) is 5.60. The van der Waals surface area contributed by atoms with Gasteiger partial charge in [-0.2, -0.15) is 13.2 Å². The van der Waals surface area contributed by atoms with E-state index in [0.717, 1.165) is 12.1 Å². The summed E-state index contributed by atoms with van der Waals surface area (Å²) in [6.07, 6.45) is -4.43. The summed E-state index contributed by atoms with van der Waals surface area (Å²) in [5.74, 6) is 4.92. The SMILES string of the molecule is NNC(c1cccc(F)c1)c1cccc(C(F)(F)F)c1. The average Bonchev–Trinajstić information content (AvgIpc) is 2.39. The molecular weight excluding hydrogens is 272 g/mol. The molecule has 20 heavy (non-hydrogen) atoms. The fourth-order valence-electron chi connectivity index (χ4n) is 1.97. The second-order valence-electron chi connectivity index (χ2n) is 4.28. The van der Waals surface area contributed by atoms with Crippen molar-refractivity contribution in [1.82, 2.24) is 5.43 Å². The number of nitrogens with one attached hydrogen (secondary N) is 1. The van der Waals surface area contributed by atoms with Crippen LogP contribution >= 0.6 is 0 Å². The summed E-state index contributed by atoms with van der Waals surface area (Å²) in [5.41, 5.74) is 2.40. The molecule has 0 aliphatic heterocycles. The van der Waals surface area contributed by atoms with Gasteiger partial charge in [-0.05, 0) is 35.4 Å². The summed E-state index contributed by atoms with van der Waals surface area (Å²) >= 11 is 0. The zero-order valence-corrected chi connectivity index (χ0v) is 10.3.